The van der Waals surface area contributed by atoms with E-state index >= 15 is 9.36 Å². The molecule has 22 nitrogen and oxygen atoms in total. The number of esters is 1. The van der Waals surface area contributed by atoms with Crippen molar-refractivity contribution in [1.29, 1.82) is 5.26 Å². The second-order valence-electron chi connectivity index (χ2n) is 30.7. The highest BCUT2D eigenvalue weighted by Crippen LogP contribution is 2.54. The number of allylic oxidation sites excluding steroid dienone is 2. The Morgan fingerprint density at radius 2 is 0.907 bits per heavy atom. The maximum atomic E-state index is 16.6. The number of nitrogens with zero attached hydrogens (tertiary/aromatic N) is 4. The van der Waals surface area contributed by atoms with Crippen molar-refractivity contribution >= 4 is 19.9 Å². The third-order valence-corrected chi connectivity index (χ3v) is 22.5. The summed E-state index contributed by atoms with van der Waals surface area (Å²) >= 11 is 0. The van der Waals surface area contributed by atoms with Gasteiger partial charge < -0.3 is 57.2 Å². The lowest BCUT2D eigenvalue weighted by Gasteiger charge is -2.51. The van der Waals surface area contributed by atoms with Gasteiger partial charge in [0.2, 0.25) is 0 Å². The standard InChI is InChI=1S/C95H131N4O18P/c1-3-5-7-9-11-13-15-17-18-19-21-23-25-27-29-49-65-104-73-82(113-95(102)110-72-81-61-46-35-47-62-81)74-112-118(103,111-66-50-64-96)117-93-91(115-84(100)63-48-28-26-24-22-20-16-14-12-10-8-6-4-2)89(108-70-79-57-42-33-43-58-79)88(107-69-78-55-40-32-41-56-78)90(109-71-80-59-44-34-45-60-80)92(93)116-94-85(98-99-97)87(106-68-77-53-38-31-39-54-77)86(101)83(114-94)75-105-67-76-51-36-30-37-52-76/h14,16,30-47,51-62,82-83,85-94,101H,3-13,15,17-29,48-50,63,65-75H2,1-2H3/b16-14-/t82-,83-,85-,86-,87-,88-,89-,90+,91-,92-,93-,94-,118?/m1/s1. The van der Waals surface area contributed by atoms with E-state index in [9.17, 15) is 20.7 Å². The molecule has 1 heterocycles. The molecule has 0 aromatic heterocycles. The number of benzene rings is 6. The van der Waals surface area contributed by atoms with Crippen LogP contribution in [0.4, 0.5) is 4.79 Å². The molecule has 1 saturated heterocycles. The van der Waals surface area contributed by atoms with Crippen molar-refractivity contribution in [2.24, 2.45) is 5.11 Å². The predicted molar refractivity (Wildman–Crippen MR) is 455 cm³/mol. The summed E-state index contributed by atoms with van der Waals surface area (Å²) in [6, 6.07) is 56.5. The molecule has 8 rings (SSSR count). The third-order valence-electron chi connectivity index (χ3n) is 21.0. The fraction of sp³-hybridized carbons (Fsp3) is 0.568. The van der Waals surface area contributed by atoms with Gasteiger partial charge in [0.1, 0.15) is 55.4 Å². The number of unbranched alkanes of at least 4 members (excludes halogenated alkanes) is 24. The molecular weight excluding hydrogens is 1520 g/mol. The lowest BCUT2D eigenvalue weighted by atomic mass is 9.83. The Kier molecular flexibility index (Phi) is 48.0. The number of carbonyl (C=O) groups is 2. The first-order chi connectivity index (χ1) is 58.1. The van der Waals surface area contributed by atoms with Crippen LogP contribution in [0, 0.1) is 11.3 Å². The van der Waals surface area contributed by atoms with Crippen LogP contribution in [-0.4, -0.2) is 124 Å². The van der Waals surface area contributed by atoms with E-state index in [1.165, 1.54) is 103 Å². The number of aliphatic hydroxyl groups is 1. The van der Waals surface area contributed by atoms with E-state index in [2.05, 4.69) is 42.1 Å². The van der Waals surface area contributed by atoms with Gasteiger partial charge in [-0.05, 0) is 77.4 Å². The average molecular weight is 1650 g/mol. The van der Waals surface area contributed by atoms with Crippen LogP contribution in [0.1, 0.15) is 233 Å². The molecular formula is C95H131N4O18P. The molecule has 6 aromatic carbocycles. The molecule has 1 aliphatic heterocycles. The highest BCUT2D eigenvalue weighted by molar-refractivity contribution is 7.48. The molecule has 0 bridgehead atoms. The Morgan fingerprint density at radius 3 is 1.38 bits per heavy atom. The Hall–Kier alpha value is -7.65. The van der Waals surface area contributed by atoms with Crippen molar-refractivity contribution in [3.63, 3.8) is 0 Å². The van der Waals surface area contributed by atoms with Gasteiger partial charge >= 0.3 is 19.9 Å². The molecule has 1 saturated carbocycles. The Bertz CT molecular complexity index is 3760. The van der Waals surface area contributed by atoms with Crippen LogP contribution in [-0.2, 0) is 115 Å². The van der Waals surface area contributed by atoms with Crippen molar-refractivity contribution < 1.29 is 84.9 Å². The lowest BCUT2D eigenvalue weighted by molar-refractivity contribution is -0.331. The second kappa shape index (κ2) is 59.1. The molecule has 644 valence electrons. The number of phosphoric acid groups is 1. The Balaban J connectivity index is 1.18. The number of aliphatic hydroxyl groups excluding tert-OH is 1. The number of hydrogen-bond donors (Lipinski definition) is 1. The molecule has 1 aliphatic carbocycles. The van der Waals surface area contributed by atoms with E-state index in [0.717, 1.165) is 73.6 Å². The largest absolute Gasteiger partial charge is 0.509 e. The van der Waals surface area contributed by atoms with Gasteiger partial charge in [-0.2, -0.15) is 5.26 Å². The highest BCUT2D eigenvalue weighted by Gasteiger charge is 2.60. The first kappa shape index (κ1) is 95.8. The van der Waals surface area contributed by atoms with Crippen molar-refractivity contribution in [2.45, 2.75) is 313 Å². The monoisotopic (exact) mass is 1650 g/mol. The maximum Gasteiger partial charge on any atom is 0.509 e. The molecule has 13 atom stereocenters. The Labute approximate surface area is 701 Å². The topological polar surface area (TPSA) is 273 Å². The third kappa shape index (κ3) is 37.6. The minimum absolute atomic E-state index is 0.0607. The molecule has 118 heavy (non-hydrogen) atoms. The summed E-state index contributed by atoms with van der Waals surface area (Å²) in [5.74, 6) is -0.679. The van der Waals surface area contributed by atoms with Gasteiger partial charge in [0, 0.05) is 17.9 Å². The zero-order valence-electron chi connectivity index (χ0n) is 69.8. The molecule has 1 unspecified atom stereocenters. The van der Waals surface area contributed by atoms with Gasteiger partial charge in [-0.15, -0.1) is 0 Å². The highest BCUT2D eigenvalue weighted by atomic mass is 31.2. The first-order valence-electron chi connectivity index (χ1n) is 43.6. The van der Waals surface area contributed by atoms with Gasteiger partial charge in [-0.1, -0.05) is 348 Å². The van der Waals surface area contributed by atoms with Gasteiger partial charge in [-0.25, -0.2) is 9.36 Å². The van der Waals surface area contributed by atoms with Gasteiger partial charge in [0.25, 0.3) is 0 Å². The molecule has 2 fully saturated rings. The van der Waals surface area contributed by atoms with Crippen LogP contribution in [0.3, 0.4) is 0 Å². The number of rotatable bonds is 63. The average Bonchev–Trinajstić information content (AvgIpc) is 0.747. The van der Waals surface area contributed by atoms with Crippen LogP contribution in [0.15, 0.2) is 199 Å². The molecule has 1 N–H and O–H groups in total. The number of azide groups is 1. The van der Waals surface area contributed by atoms with Crippen LogP contribution in [0.25, 0.3) is 10.4 Å². The van der Waals surface area contributed by atoms with E-state index < -0.39 is 107 Å². The number of carbonyl (C=O) groups excluding carboxylic acids is 2. The number of hydrogen-bond acceptors (Lipinski definition) is 20. The van der Waals surface area contributed by atoms with Crippen molar-refractivity contribution in [2.75, 3.05) is 33.0 Å². The van der Waals surface area contributed by atoms with Crippen LogP contribution in [0.2, 0.25) is 0 Å². The zero-order valence-corrected chi connectivity index (χ0v) is 70.7. The van der Waals surface area contributed by atoms with Gasteiger partial charge in [0.15, 0.2) is 18.5 Å². The van der Waals surface area contributed by atoms with Crippen molar-refractivity contribution in [3.05, 3.63) is 238 Å². The van der Waals surface area contributed by atoms with Crippen LogP contribution >= 0.6 is 7.82 Å². The lowest BCUT2D eigenvalue weighted by Crippen LogP contribution is -2.69. The fourth-order valence-corrected chi connectivity index (χ4v) is 15.9. The summed E-state index contributed by atoms with van der Waals surface area (Å²) in [6.45, 7) is 2.71. The smallest absolute Gasteiger partial charge is 0.457 e. The quantitative estimate of drug-likeness (QED) is 0.00706. The van der Waals surface area contributed by atoms with Crippen LogP contribution in [0.5, 0.6) is 0 Å². The van der Waals surface area contributed by atoms with E-state index in [4.69, 9.17) is 65.7 Å². The number of phosphoric ester groups is 1. The summed E-state index contributed by atoms with van der Waals surface area (Å²) in [7, 11) is -5.29. The molecule has 23 heteroatoms. The van der Waals surface area contributed by atoms with E-state index in [1.54, 1.807) is 12.1 Å². The Morgan fingerprint density at radius 1 is 0.492 bits per heavy atom. The van der Waals surface area contributed by atoms with Crippen LogP contribution < -0.4 is 0 Å². The molecule has 0 radical (unpaired) electrons. The van der Waals surface area contributed by atoms with Crippen molar-refractivity contribution in [1.82, 2.24) is 0 Å². The van der Waals surface area contributed by atoms with E-state index in [0.29, 0.717) is 37.0 Å². The normalized spacial score (nSPS) is 20.6. The van der Waals surface area contributed by atoms with Gasteiger partial charge in [-0.3, -0.25) is 18.4 Å². The second-order valence-corrected chi connectivity index (χ2v) is 32.3. The van der Waals surface area contributed by atoms with E-state index in [-0.39, 0.29) is 65.7 Å². The maximum absolute atomic E-state index is 16.6. The first-order valence-corrected chi connectivity index (χ1v) is 45.0. The molecule has 2 aliphatic rings. The SMILES string of the molecule is CCCCCC/C=C\CCCCCCCC(=O)O[C@@H]1[C@H](OCc2ccccc2)[C@@H](OCc2ccccc2)[C@H](OCc2ccccc2)[C@@H](O[C@H]2O[C@H](COCc3ccccc3)[C@@H](O)[C@H](OCc3ccccc3)[C@H]2N=[N+]=[N-])[C@@H]1OP(=O)(OCCC#N)OC[C@@H](COCCCCCCCCCCCCCCCCCC)OC(=O)OCc1ccccc1. The predicted octanol–water partition coefficient (Wildman–Crippen LogP) is 22.3. The van der Waals surface area contributed by atoms with E-state index in [1.807, 2.05) is 170 Å². The van der Waals surface area contributed by atoms with Crippen molar-refractivity contribution in [3.8, 4) is 6.07 Å². The summed E-state index contributed by atoms with van der Waals surface area (Å²) in [5.41, 5.74) is 15.1. The number of nitriles is 1. The molecule has 0 amide bonds. The summed E-state index contributed by atoms with van der Waals surface area (Å²) < 4.78 is 110. The zero-order chi connectivity index (χ0) is 83.0. The summed E-state index contributed by atoms with van der Waals surface area (Å²) in [4.78, 5) is 32.5. The minimum Gasteiger partial charge on any atom is -0.457 e. The summed E-state index contributed by atoms with van der Waals surface area (Å²) in [5, 5.41) is 27.0. The minimum atomic E-state index is -5.29. The molecule has 6 aromatic rings. The van der Waals surface area contributed by atoms with Gasteiger partial charge in [0.05, 0.1) is 78.1 Å². The number of ether oxygens (including phenoxy) is 11. The summed E-state index contributed by atoms with van der Waals surface area (Å²) in [6.07, 6.45) is 16.5. The molecule has 0 spiro atoms. The fourth-order valence-electron chi connectivity index (χ4n) is 14.5.